The summed E-state index contributed by atoms with van der Waals surface area (Å²) in [6.07, 6.45) is 28.9. The van der Waals surface area contributed by atoms with Crippen molar-refractivity contribution in [2.75, 3.05) is 0 Å². The number of esters is 1. The summed E-state index contributed by atoms with van der Waals surface area (Å²) >= 11 is 0. The van der Waals surface area contributed by atoms with Crippen molar-refractivity contribution in [1.82, 2.24) is 0 Å². The van der Waals surface area contributed by atoms with Crippen LogP contribution in [0, 0.1) is 0 Å². The third-order valence-electron chi connectivity index (χ3n) is 6.29. The predicted molar refractivity (Wildman–Crippen MR) is 133 cm³/mol. The summed E-state index contributed by atoms with van der Waals surface area (Å²) in [5.41, 5.74) is 0. The van der Waals surface area contributed by atoms with Crippen molar-refractivity contribution in [2.45, 2.75) is 175 Å². The molecule has 0 aliphatic heterocycles. The van der Waals surface area contributed by atoms with Crippen molar-refractivity contribution in [3.05, 3.63) is 0 Å². The Balaban J connectivity index is 3.91. The fourth-order valence-electron chi connectivity index (χ4n) is 4.21. The maximum atomic E-state index is 12.3. The van der Waals surface area contributed by atoms with E-state index in [0.29, 0.717) is 6.42 Å². The highest BCUT2D eigenvalue weighted by Crippen LogP contribution is 2.18. The molecule has 1 unspecified atom stereocenters. The van der Waals surface area contributed by atoms with Gasteiger partial charge in [0.05, 0.1) is 0 Å². The minimum Gasteiger partial charge on any atom is -0.462 e. The van der Waals surface area contributed by atoms with E-state index >= 15 is 0 Å². The van der Waals surface area contributed by atoms with E-state index < -0.39 is 0 Å². The van der Waals surface area contributed by atoms with Crippen molar-refractivity contribution in [1.29, 1.82) is 0 Å². The topological polar surface area (TPSA) is 26.3 Å². The Labute approximate surface area is 190 Å². The van der Waals surface area contributed by atoms with Gasteiger partial charge < -0.3 is 4.74 Å². The molecule has 0 saturated heterocycles. The van der Waals surface area contributed by atoms with Gasteiger partial charge in [-0.05, 0) is 32.1 Å². The zero-order valence-electron chi connectivity index (χ0n) is 21.2. The molecule has 0 aromatic rings. The number of ether oxygens (including phenoxy) is 1. The standard InChI is InChI=1S/C28H56O2/c1-4-7-10-13-15-16-17-20-23-26-28(29)30-27(24-21-18-12-9-6-3)25-22-19-14-11-8-5-2/h27H,4-26H2,1-3H3. The first-order chi connectivity index (χ1) is 14.7. The van der Waals surface area contributed by atoms with E-state index in [1.165, 1.54) is 122 Å². The maximum absolute atomic E-state index is 12.3. The van der Waals surface area contributed by atoms with Crippen LogP contribution in [0.15, 0.2) is 0 Å². The van der Waals surface area contributed by atoms with Crippen LogP contribution in [-0.2, 0) is 9.53 Å². The molecule has 0 saturated carbocycles. The molecule has 0 aromatic carbocycles. The smallest absolute Gasteiger partial charge is 0.306 e. The van der Waals surface area contributed by atoms with Crippen LogP contribution in [-0.4, -0.2) is 12.1 Å². The normalized spacial score (nSPS) is 12.2. The molecule has 0 fully saturated rings. The van der Waals surface area contributed by atoms with Gasteiger partial charge in [0.1, 0.15) is 6.10 Å². The van der Waals surface area contributed by atoms with E-state index in [1.807, 2.05) is 0 Å². The van der Waals surface area contributed by atoms with Gasteiger partial charge in [-0.3, -0.25) is 4.79 Å². The van der Waals surface area contributed by atoms with Gasteiger partial charge >= 0.3 is 5.97 Å². The minimum atomic E-state index is 0.0579. The Morgan fingerprint density at radius 3 is 1.23 bits per heavy atom. The highest BCUT2D eigenvalue weighted by molar-refractivity contribution is 5.69. The van der Waals surface area contributed by atoms with Gasteiger partial charge in [-0.2, -0.15) is 0 Å². The number of unbranched alkanes of at least 4 members (excludes halogenated alkanes) is 17. The second kappa shape index (κ2) is 24.7. The average molecular weight is 425 g/mol. The SMILES string of the molecule is CCCCCCCCCCCC(=O)OC(CCCCCCC)CCCCCCCC. The third kappa shape index (κ3) is 22.2. The second-order valence-corrected chi connectivity index (χ2v) is 9.45. The lowest BCUT2D eigenvalue weighted by molar-refractivity contribution is -0.150. The Morgan fingerprint density at radius 2 is 0.833 bits per heavy atom. The molecular formula is C28H56O2. The molecule has 2 heteroatoms. The lowest BCUT2D eigenvalue weighted by Crippen LogP contribution is -2.18. The molecule has 2 nitrogen and oxygen atoms in total. The first-order valence-electron chi connectivity index (χ1n) is 13.9. The van der Waals surface area contributed by atoms with Gasteiger partial charge in [-0.15, -0.1) is 0 Å². The summed E-state index contributed by atoms with van der Waals surface area (Å²) in [5, 5.41) is 0. The third-order valence-corrected chi connectivity index (χ3v) is 6.29. The molecule has 0 aliphatic rings. The van der Waals surface area contributed by atoms with Crippen LogP contribution >= 0.6 is 0 Å². The van der Waals surface area contributed by atoms with Crippen molar-refractivity contribution in [3.8, 4) is 0 Å². The monoisotopic (exact) mass is 424 g/mol. The highest BCUT2D eigenvalue weighted by atomic mass is 16.5. The number of hydrogen-bond acceptors (Lipinski definition) is 2. The van der Waals surface area contributed by atoms with Crippen LogP contribution in [0.1, 0.15) is 168 Å². The first-order valence-corrected chi connectivity index (χ1v) is 13.9. The van der Waals surface area contributed by atoms with Gasteiger partial charge in [-0.1, -0.05) is 130 Å². The van der Waals surface area contributed by atoms with Gasteiger partial charge in [0.25, 0.3) is 0 Å². The fourth-order valence-corrected chi connectivity index (χ4v) is 4.21. The maximum Gasteiger partial charge on any atom is 0.306 e. The minimum absolute atomic E-state index is 0.0579. The number of carbonyl (C=O) groups excluding carboxylic acids is 1. The van der Waals surface area contributed by atoms with Crippen LogP contribution in [0.4, 0.5) is 0 Å². The lowest BCUT2D eigenvalue weighted by Gasteiger charge is -2.18. The summed E-state index contributed by atoms with van der Waals surface area (Å²) in [5.74, 6) is 0.0579. The summed E-state index contributed by atoms with van der Waals surface area (Å²) < 4.78 is 5.92. The second-order valence-electron chi connectivity index (χ2n) is 9.45. The Bertz CT molecular complexity index is 340. The predicted octanol–water partition coefficient (Wildman–Crippen LogP) is 9.93. The molecular weight excluding hydrogens is 368 g/mol. The van der Waals surface area contributed by atoms with E-state index in [-0.39, 0.29) is 12.1 Å². The quantitative estimate of drug-likeness (QED) is 0.114. The molecule has 0 aliphatic carbocycles. The van der Waals surface area contributed by atoms with Gasteiger partial charge in [0.15, 0.2) is 0 Å². The molecule has 0 rings (SSSR count). The molecule has 0 aromatic heterocycles. The van der Waals surface area contributed by atoms with E-state index in [2.05, 4.69) is 20.8 Å². The first kappa shape index (κ1) is 29.5. The zero-order chi connectivity index (χ0) is 22.1. The Kier molecular flexibility index (Phi) is 24.3. The van der Waals surface area contributed by atoms with Crippen molar-refractivity contribution in [3.63, 3.8) is 0 Å². The number of hydrogen-bond donors (Lipinski definition) is 0. The summed E-state index contributed by atoms with van der Waals surface area (Å²) in [6, 6.07) is 0. The summed E-state index contributed by atoms with van der Waals surface area (Å²) in [6.45, 7) is 6.79. The van der Waals surface area contributed by atoms with Crippen LogP contribution in [0.5, 0.6) is 0 Å². The Hall–Kier alpha value is -0.530. The average Bonchev–Trinajstić information content (AvgIpc) is 2.74. The molecule has 1 atom stereocenters. The molecule has 0 amide bonds. The zero-order valence-corrected chi connectivity index (χ0v) is 21.2. The van der Waals surface area contributed by atoms with E-state index in [4.69, 9.17) is 4.74 Å². The number of rotatable bonds is 24. The highest BCUT2D eigenvalue weighted by Gasteiger charge is 2.14. The van der Waals surface area contributed by atoms with Crippen LogP contribution in [0.2, 0.25) is 0 Å². The van der Waals surface area contributed by atoms with E-state index in [9.17, 15) is 4.79 Å². The summed E-state index contributed by atoms with van der Waals surface area (Å²) in [7, 11) is 0. The molecule has 0 radical (unpaired) electrons. The van der Waals surface area contributed by atoms with Crippen molar-refractivity contribution in [2.24, 2.45) is 0 Å². The van der Waals surface area contributed by atoms with Crippen molar-refractivity contribution >= 4 is 5.97 Å². The molecule has 0 N–H and O–H groups in total. The van der Waals surface area contributed by atoms with Gasteiger partial charge in [0.2, 0.25) is 0 Å². The molecule has 0 heterocycles. The molecule has 30 heavy (non-hydrogen) atoms. The lowest BCUT2D eigenvalue weighted by atomic mass is 10.0. The Morgan fingerprint density at radius 1 is 0.500 bits per heavy atom. The van der Waals surface area contributed by atoms with Crippen LogP contribution in [0.25, 0.3) is 0 Å². The molecule has 180 valence electrons. The molecule has 0 bridgehead atoms. The van der Waals surface area contributed by atoms with Gasteiger partial charge in [0, 0.05) is 6.42 Å². The number of carbonyl (C=O) groups is 1. The largest absolute Gasteiger partial charge is 0.462 e. The van der Waals surface area contributed by atoms with Crippen LogP contribution < -0.4 is 0 Å². The fraction of sp³-hybridized carbons (Fsp3) is 0.964. The van der Waals surface area contributed by atoms with E-state index in [1.54, 1.807) is 0 Å². The summed E-state index contributed by atoms with van der Waals surface area (Å²) in [4.78, 5) is 12.3. The van der Waals surface area contributed by atoms with Crippen LogP contribution in [0.3, 0.4) is 0 Å². The van der Waals surface area contributed by atoms with Crippen molar-refractivity contribution < 1.29 is 9.53 Å². The van der Waals surface area contributed by atoms with Gasteiger partial charge in [-0.25, -0.2) is 0 Å². The van der Waals surface area contributed by atoms with E-state index in [0.717, 1.165) is 19.3 Å². The molecule has 0 spiro atoms.